The van der Waals surface area contributed by atoms with Crippen molar-refractivity contribution in [2.24, 2.45) is 0 Å². The maximum Gasteiger partial charge on any atom is 0.291 e. The number of nitrogens with zero attached hydrogens (tertiary/aromatic N) is 1. The van der Waals surface area contributed by atoms with E-state index in [1.807, 2.05) is 25.1 Å². The summed E-state index contributed by atoms with van der Waals surface area (Å²) in [5.74, 6) is -0.531. The van der Waals surface area contributed by atoms with Gasteiger partial charge in [-0.25, -0.2) is 0 Å². The molecule has 1 aliphatic rings. The molecule has 0 saturated carbocycles. The van der Waals surface area contributed by atoms with Crippen LogP contribution in [-0.2, 0) is 11.2 Å². The van der Waals surface area contributed by atoms with Crippen LogP contribution in [0, 0.1) is 6.92 Å². The third-order valence-corrected chi connectivity index (χ3v) is 4.72. The van der Waals surface area contributed by atoms with Gasteiger partial charge in [-0.05, 0) is 49.2 Å². The Hall–Kier alpha value is -3.41. The molecule has 1 aliphatic heterocycles. The molecular formula is C21H18N2O4. The molecule has 0 unspecified atom stereocenters. The van der Waals surface area contributed by atoms with Crippen molar-refractivity contribution in [3.05, 3.63) is 69.6 Å². The van der Waals surface area contributed by atoms with Crippen LogP contribution < -0.4 is 15.6 Å². The normalized spacial score (nSPS) is 12.9. The molecular weight excluding hydrogens is 344 g/mol. The first kappa shape index (κ1) is 17.0. The SMILES string of the molecule is CC(=O)N1CCc2cc(NC(=O)c3cc(=O)c4cc(C)ccc4o3)ccc21. The standard InChI is InChI=1S/C21H18N2O4/c1-12-3-6-19-16(9-12)18(25)11-20(27-19)21(26)22-15-4-5-17-14(10-15)7-8-23(17)13(2)24/h3-6,9-11H,7-8H2,1-2H3,(H,22,26). The van der Waals surface area contributed by atoms with E-state index in [4.69, 9.17) is 4.42 Å². The summed E-state index contributed by atoms with van der Waals surface area (Å²) >= 11 is 0. The topological polar surface area (TPSA) is 79.6 Å². The lowest BCUT2D eigenvalue weighted by atomic mass is 10.1. The molecule has 0 atom stereocenters. The number of aryl methyl sites for hydroxylation is 1. The van der Waals surface area contributed by atoms with Crippen molar-refractivity contribution < 1.29 is 14.0 Å². The largest absolute Gasteiger partial charge is 0.451 e. The molecule has 136 valence electrons. The number of carbonyl (C=O) groups excluding carboxylic acids is 2. The summed E-state index contributed by atoms with van der Waals surface area (Å²) < 4.78 is 5.61. The molecule has 0 fully saturated rings. The summed E-state index contributed by atoms with van der Waals surface area (Å²) in [7, 11) is 0. The Kier molecular flexibility index (Phi) is 4.03. The number of anilines is 2. The first-order chi connectivity index (χ1) is 12.9. The van der Waals surface area contributed by atoms with Gasteiger partial charge in [-0.3, -0.25) is 14.4 Å². The monoisotopic (exact) mass is 362 g/mol. The van der Waals surface area contributed by atoms with Crippen LogP contribution in [0.5, 0.6) is 0 Å². The number of amides is 2. The lowest BCUT2D eigenvalue weighted by molar-refractivity contribution is -0.116. The van der Waals surface area contributed by atoms with Crippen molar-refractivity contribution >= 4 is 34.2 Å². The second kappa shape index (κ2) is 6.39. The quantitative estimate of drug-likeness (QED) is 0.759. The number of nitrogens with one attached hydrogen (secondary N) is 1. The van der Waals surface area contributed by atoms with E-state index in [1.54, 1.807) is 23.1 Å². The molecule has 0 aliphatic carbocycles. The Bertz CT molecular complexity index is 1150. The molecule has 2 aromatic carbocycles. The van der Waals surface area contributed by atoms with Crippen LogP contribution in [0.25, 0.3) is 11.0 Å². The Morgan fingerprint density at radius 3 is 2.70 bits per heavy atom. The average molecular weight is 362 g/mol. The summed E-state index contributed by atoms with van der Waals surface area (Å²) in [6.45, 7) is 4.07. The highest BCUT2D eigenvalue weighted by Gasteiger charge is 2.22. The first-order valence-electron chi connectivity index (χ1n) is 8.69. The Morgan fingerprint density at radius 1 is 1.11 bits per heavy atom. The summed E-state index contributed by atoms with van der Waals surface area (Å²) in [6, 6.07) is 11.9. The Balaban J connectivity index is 1.62. The Morgan fingerprint density at radius 2 is 1.93 bits per heavy atom. The van der Waals surface area contributed by atoms with Gasteiger partial charge in [0.25, 0.3) is 5.91 Å². The summed E-state index contributed by atoms with van der Waals surface area (Å²) in [5, 5.41) is 3.21. The minimum atomic E-state index is -0.490. The van der Waals surface area contributed by atoms with E-state index < -0.39 is 5.91 Å². The minimum absolute atomic E-state index is 0.00119. The molecule has 2 heterocycles. The average Bonchev–Trinajstić information content (AvgIpc) is 3.05. The van der Waals surface area contributed by atoms with Gasteiger partial charge in [-0.15, -0.1) is 0 Å². The lowest BCUT2D eigenvalue weighted by Gasteiger charge is -2.15. The highest BCUT2D eigenvalue weighted by molar-refractivity contribution is 6.03. The molecule has 2 amide bonds. The number of hydrogen-bond acceptors (Lipinski definition) is 4. The number of rotatable bonds is 2. The highest BCUT2D eigenvalue weighted by Crippen LogP contribution is 2.30. The minimum Gasteiger partial charge on any atom is -0.451 e. The van der Waals surface area contributed by atoms with E-state index >= 15 is 0 Å². The van der Waals surface area contributed by atoms with E-state index in [0.717, 1.165) is 23.2 Å². The zero-order chi connectivity index (χ0) is 19.1. The molecule has 0 radical (unpaired) electrons. The van der Waals surface area contributed by atoms with Gasteiger partial charge in [0.2, 0.25) is 5.91 Å². The van der Waals surface area contributed by atoms with Crippen molar-refractivity contribution in [2.45, 2.75) is 20.3 Å². The van der Waals surface area contributed by atoms with Crippen molar-refractivity contribution in [3.8, 4) is 0 Å². The molecule has 6 nitrogen and oxygen atoms in total. The van der Waals surface area contributed by atoms with Crippen LogP contribution in [0.15, 0.2) is 51.7 Å². The van der Waals surface area contributed by atoms with E-state index in [0.29, 0.717) is 23.2 Å². The van der Waals surface area contributed by atoms with Gasteiger partial charge in [0, 0.05) is 30.9 Å². The number of benzene rings is 2. The van der Waals surface area contributed by atoms with Crippen LogP contribution in [0.3, 0.4) is 0 Å². The lowest BCUT2D eigenvalue weighted by Crippen LogP contribution is -2.25. The molecule has 0 bridgehead atoms. The van der Waals surface area contributed by atoms with E-state index in [2.05, 4.69) is 5.32 Å². The second-order valence-electron chi connectivity index (χ2n) is 6.69. The van der Waals surface area contributed by atoms with Crippen molar-refractivity contribution in [3.63, 3.8) is 0 Å². The number of hydrogen-bond donors (Lipinski definition) is 1. The van der Waals surface area contributed by atoms with Crippen molar-refractivity contribution in [2.75, 3.05) is 16.8 Å². The highest BCUT2D eigenvalue weighted by atomic mass is 16.3. The van der Waals surface area contributed by atoms with Crippen molar-refractivity contribution in [1.82, 2.24) is 0 Å². The second-order valence-corrected chi connectivity index (χ2v) is 6.69. The maximum atomic E-state index is 12.5. The van der Waals surface area contributed by atoms with Gasteiger partial charge in [-0.2, -0.15) is 0 Å². The summed E-state index contributed by atoms with van der Waals surface area (Å²) in [4.78, 5) is 38.2. The fraction of sp³-hybridized carbons (Fsp3) is 0.190. The molecule has 27 heavy (non-hydrogen) atoms. The zero-order valence-electron chi connectivity index (χ0n) is 15.0. The fourth-order valence-corrected chi connectivity index (χ4v) is 3.38. The predicted molar refractivity (Wildman–Crippen MR) is 103 cm³/mol. The summed E-state index contributed by atoms with van der Waals surface area (Å²) in [6.07, 6.45) is 0.739. The van der Waals surface area contributed by atoms with Gasteiger partial charge in [0.1, 0.15) is 5.58 Å². The maximum absolute atomic E-state index is 12.5. The van der Waals surface area contributed by atoms with Gasteiger partial charge < -0.3 is 14.6 Å². The molecule has 0 saturated heterocycles. The molecule has 1 N–H and O–H groups in total. The molecule has 6 heteroatoms. The van der Waals surface area contributed by atoms with Crippen LogP contribution in [0.2, 0.25) is 0 Å². The van der Waals surface area contributed by atoms with Crippen LogP contribution in [-0.4, -0.2) is 18.4 Å². The third-order valence-electron chi connectivity index (χ3n) is 4.72. The van der Waals surface area contributed by atoms with E-state index in [9.17, 15) is 14.4 Å². The van der Waals surface area contributed by atoms with Crippen LogP contribution in [0.1, 0.15) is 28.6 Å². The van der Waals surface area contributed by atoms with Gasteiger partial charge >= 0.3 is 0 Å². The third kappa shape index (κ3) is 3.10. The molecule has 3 aromatic rings. The van der Waals surface area contributed by atoms with Gasteiger partial charge in [-0.1, -0.05) is 11.6 Å². The fourth-order valence-electron chi connectivity index (χ4n) is 3.38. The van der Waals surface area contributed by atoms with Crippen LogP contribution >= 0.6 is 0 Å². The van der Waals surface area contributed by atoms with E-state index in [-0.39, 0.29) is 17.1 Å². The number of fused-ring (bicyclic) bond motifs is 2. The van der Waals surface area contributed by atoms with E-state index in [1.165, 1.54) is 13.0 Å². The Labute approximate surface area is 155 Å². The molecule has 0 spiro atoms. The summed E-state index contributed by atoms with van der Waals surface area (Å²) in [5.41, 5.74) is 3.53. The smallest absolute Gasteiger partial charge is 0.291 e. The zero-order valence-corrected chi connectivity index (χ0v) is 15.0. The predicted octanol–water partition coefficient (Wildman–Crippen LogP) is 3.26. The first-order valence-corrected chi connectivity index (χ1v) is 8.69. The van der Waals surface area contributed by atoms with Gasteiger partial charge in [0.05, 0.1) is 5.39 Å². The molecule has 4 rings (SSSR count). The number of carbonyl (C=O) groups is 2. The molecule has 1 aromatic heterocycles. The van der Waals surface area contributed by atoms with Crippen LogP contribution in [0.4, 0.5) is 11.4 Å². The van der Waals surface area contributed by atoms with Gasteiger partial charge in [0.15, 0.2) is 11.2 Å². The van der Waals surface area contributed by atoms with Crippen molar-refractivity contribution in [1.29, 1.82) is 0 Å².